The first-order valence-corrected chi connectivity index (χ1v) is 14.3. The molecule has 212 valence electrons. The van der Waals surface area contributed by atoms with Gasteiger partial charge in [-0.05, 0) is 42.4 Å². The van der Waals surface area contributed by atoms with Crippen LogP contribution in [0.15, 0.2) is 134 Å². The summed E-state index contributed by atoms with van der Waals surface area (Å²) in [5, 5.41) is 0. The fourth-order valence-electron chi connectivity index (χ4n) is 5.74. The second-order valence-electron chi connectivity index (χ2n) is 11.1. The normalized spacial score (nSPS) is 13.7. The molecule has 43 heavy (non-hydrogen) atoms. The van der Waals surface area contributed by atoms with E-state index in [0.717, 1.165) is 51.5 Å². The molecule has 4 heteroatoms. The molecule has 6 rings (SSSR count). The minimum atomic E-state index is -0.379. The number of nitrogens with zero attached hydrogens (tertiary/aromatic N) is 3. The van der Waals surface area contributed by atoms with E-state index in [9.17, 15) is 0 Å². The first-order valence-electron chi connectivity index (χ1n) is 14.3. The van der Waals surface area contributed by atoms with E-state index in [-0.39, 0.29) is 30.9 Å². The minimum absolute atomic E-state index is 0. The third kappa shape index (κ3) is 6.57. The fourth-order valence-corrected chi connectivity index (χ4v) is 5.74. The second kappa shape index (κ2) is 13.4. The standard InChI is InChI=1S/C39H32N3.Ir/c1-38(32-17-5-3-6-18-32,36-23-9-11-25-40-36)28-30-15-13-16-31(27-30)35-22-14-21-34(42-35)29-39(2,33-19-7-4-8-20-33)37-24-10-12-26-41-37;/h3-17,19,21-26H,28-29H2,1-2H3;/q-3;+3. The van der Waals surface area contributed by atoms with Crippen molar-refractivity contribution in [3.05, 3.63) is 186 Å². The molecule has 2 atom stereocenters. The van der Waals surface area contributed by atoms with E-state index in [4.69, 9.17) is 15.0 Å². The van der Waals surface area contributed by atoms with Crippen molar-refractivity contribution in [1.82, 2.24) is 15.0 Å². The monoisotopic (exact) mass is 735 g/mol. The Morgan fingerprint density at radius 2 is 1.16 bits per heavy atom. The van der Waals surface area contributed by atoms with Gasteiger partial charge in [-0.2, -0.15) is 66.2 Å². The van der Waals surface area contributed by atoms with Gasteiger partial charge in [0.1, 0.15) is 0 Å². The van der Waals surface area contributed by atoms with Crippen LogP contribution in [0.25, 0.3) is 11.3 Å². The molecule has 0 saturated carbocycles. The second-order valence-corrected chi connectivity index (χ2v) is 11.1. The Kier molecular flexibility index (Phi) is 9.40. The maximum atomic E-state index is 5.14. The summed E-state index contributed by atoms with van der Waals surface area (Å²) in [5.74, 6) is 0. The van der Waals surface area contributed by atoms with Crippen LogP contribution in [-0.2, 0) is 43.8 Å². The molecule has 0 N–H and O–H groups in total. The van der Waals surface area contributed by atoms with E-state index < -0.39 is 0 Å². The number of hydrogen-bond donors (Lipinski definition) is 0. The van der Waals surface area contributed by atoms with Crippen molar-refractivity contribution in [3.63, 3.8) is 0 Å². The van der Waals surface area contributed by atoms with Crippen molar-refractivity contribution in [2.75, 3.05) is 0 Å². The van der Waals surface area contributed by atoms with E-state index in [2.05, 4.69) is 105 Å². The number of pyridine rings is 3. The Balaban J connectivity index is 0.00000368. The van der Waals surface area contributed by atoms with Gasteiger partial charge in [-0.15, -0.1) is 41.0 Å². The Morgan fingerprint density at radius 1 is 0.581 bits per heavy atom. The maximum absolute atomic E-state index is 5.14. The minimum Gasteiger partial charge on any atom is -0.301 e. The van der Waals surface area contributed by atoms with Crippen LogP contribution in [0.1, 0.15) is 47.6 Å². The van der Waals surface area contributed by atoms with Gasteiger partial charge in [0.2, 0.25) is 0 Å². The van der Waals surface area contributed by atoms with Crippen molar-refractivity contribution in [2.45, 2.75) is 37.5 Å². The first-order chi connectivity index (χ1) is 20.5. The van der Waals surface area contributed by atoms with Crippen LogP contribution in [0.4, 0.5) is 0 Å². The van der Waals surface area contributed by atoms with Crippen LogP contribution >= 0.6 is 0 Å². The van der Waals surface area contributed by atoms with Crippen LogP contribution in [-0.4, -0.2) is 15.0 Å². The predicted octanol–water partition coefficient (Wildman–Crippen LogP) is 8.03. The zero-order chi connectivity index (χ0) is 28.8. The number of aromatic nitrogens is 3. The maximum Gasteiger partial charge on any atom is 3.00 e. The summed E-state index contributed by atoms with van der Waals surface area (Å²) in [5.41, 5.74) is 7.44. The van der Waals surface area contributed by atoms with Crippen molar-refractivity contribution in [1.29, 1.82) is 0 Å². The molecule has 0 saturated heterocycles. The molecule has 3 aromatic heterocycles. The SMILES string of the molecule is CC(Cc1[c-]c(-c2cccc(CC(C)(c3[c-]cccc3)c3ccccn3)n2)ccc1)(c1[c-]cccc1)c1ccccn1.[Ir+3]. The molecule has 3 heterocycles. The largest absolute Gasteiger partial charge is 3.00 e. The topological polar surface area (TPSA) is 38.7 Å². The van der Waals surface area contributed by atoms with Gasteiger partial charge in [0.05, 0.1) is 0 Å². The number of rotatable bonds is 9. The zero-order valence-corrected chi connectivity index (χ0v) is 26.7. The third-order valence-electron chi connectivity index (χ3n) is 8.08. The predicted molar refractivity (Wildman–Crippen MR) is 168 cm³/mol. The van der Waals surface area contributed by atoms with Gasteiger partial charge in [-0.25, -0.2) is 0 Å². The summed E-state index contributed by atoms with van der Waals surface area (Å²) in [6, 6.07) is 51.7. The molecule has 0 bridgehead atoms. The molecule has 0 amide bonds. The van der Waals surface area contributed by atoms with Crippen molar-refractivity contribution in [3.8, 4) is 11.3 Å². The van der Waals surface area contributed by atoms with Crippen molar-refractivity contribution >= 4 is 0 Å². The van der Waals surface area contributed by atoms with Crippen LogP contribution in [0, 0.1) is 18.2 Å². The third-order valence-corrected chi connectivity index (χ3v) is 8.08. The van der Waals surface area contributed by atoms with Crippen LogP contribution < -0.4 is 0 Å². The molecule has 0 radical (unpaired) electrons. The fraction of sp³-hybridized carbons (Fsp3) is 0.154. The van der Waals surface area contributed by atoms with Gasteiger partial charge in [0.15, 0.2) is 0 Å². The molecule has 2 unspecified atom stereocenters. The smallest absolute Gasteiger partial charge is 0.301 e. The van der Waals surface area contributed by atoms with Gasteiger partial charge in [0, 0.05) is 46.7 Å². The molecule has 0 fully saturated rings. The van der Waals surface area contributed by atoms with Crippen LogP contribution in [0.3, 0.4) is 0 Å². The van der Waals surface area contributed by atoms with Gasteiger partial charge in [-0.1, -0.05) is 38.1 Å². The average molecular weight is 735 g/mol. The van der Waals surface area contributed by atoms with Gasteiger partial charge >= 0.3 is 20.1 Å². The van der Waals surface area contributed by atoms with Gasteiger partial charge < -0.3 is 4.98 Å². The first kappa shape index (κ1) is 30.2. The van der Waals surface area contributed by atoms with E-state index in [1.807, 2.05) is 60.9 Å². The zero-order valence-electron chi connectivity index (χ0n) is 24.3. The van der Waals surface area contributed by atoms with Crippen LogP contribution in [0.5, 0.6) is 0 Å². The Bertz CT molecular complexity index is 1530. The quantitative estimate of drug-likeness (QED) is 0.141. The molecule has 6 aromatic rings. The van der Waals surface area contributed by atoms with Gasteiger partial charge in [-0.3, -0.25) is 9.97 Å². The molecule has 3 aromatic carbocycles. The van der Waals surface area contributed by atoms with E-state index in [0.29, 0.717) is 6.42 Å². The Morgan fingerprint density at radius 3 is 1.72 bits per heavy atom. The van der Waals surface area contributed by atoms with Crippen molar-refractivity contribution < 1.29 is 20.1 Å². The summed E-state index contributed by atoms with van der Waals surface area (Å²) >= 11 is 0. The average Bonchev–Trinajstić information content (AvgIpc) is 3.06. The molecular weight excluding hydrogens is 703 g/mol. The Labute approximate surface area is 268 Å². The Hall–Kier alpha value is -4.24. The van der Waals surface area contributed by atoms with Crippen LogP contribution in [0.2, 0.25) is 0 Å². The van der Waals surface area contributed by atoms with E-state index in [1.165, 1.54) is 0 Å². The molecule has 3 nitrogen and oxygen atoms in total. The molecule has 0 aliphatic rings. The molecular formula is C39H32IrN3. The number of hydrogen-bond acceptors (Lipinski definition) is 3. The summed E-state index contributed by atoms with van der Waals surface area (Å²) in [7, 11) is 0. The molecule has 0 aliphatic heterocycles. The summed E-state index contributed by atoms with van der Waals surface area (Å²) in [6.07, 6.45) is 5.14. The van der Waals surface area contributed by atoms with Gasteiger partial charge in [0.25, 0.3) is 0 Å². The number of benzene rings is 3. The van der Waals surface area contributed by atoms with E-state index in [1.54, 1.807) is 0 Å². The summed E-state index contributed by atoms with van der Waals surface area (Å²) in [4.78, 5) is 14.6. The molecule has 0 spiro atoms. The molecule has 0 aliphatic carbocycles. The van der Waals surface area contributed by atoms with Crippen molar-refractivity contribution in [2.24, 2.45) is 0 Å². The summed E-state index contributed by atoms with van der Waals surface area (Å²) < 4.78 is 0. The summed E-state index contributed by atoms with van der Waals surface area (Å²) in [6.45, 7) is 4.46. The van der Waals surface area contributed by atoms with E-state index >= 15 is 0 Å².